The SMILES string of the molecule is CN=C(NCCc1ccc(OC)c(OC)c1)NCC(c1cccc(C)c1)N1CCOCC1. The molecule has 7 heteroatoms. The standard InChI is InChI=1S/C25H36N4O3/c1-19-6-5-7-21(16-19)22(29-12-14-32-15-13-29)18-28-25(26-2)27-11-10-20-8-9-23(30-3)24(17-20)31-4/h5-9,16-17,22H,10-15,18H2,1-4H3,(H2,26,27,28). The second-order valence-electron chi connectivity index (χ2n) is 7.90. The Labute approximate surface area is 191 Å². The number of hydrogen-bond acceptors (Lipinski definition) is 5. The number of ether oxygens (including phenoxy) is 3. The second-order valence-corrected chi connectivity index (χ2v) is 7.90. The zero-order valence-electron chi connectivity index (χ0n) is 19.7. The first-order valence-electron chi connectivity index (χ1n) is 11.2. The number of morpholine rings is 1. The number of aliphatic imine (C=N–C) groups is 1. The van der Waals surface area contributed by atoms with Crippen LogP contribution in [0.5, 0.6) is 11.5 Å². The third-order valence-corrected chi connectivity index (χ3v) is 5.75. The van der Waals surface area contributed by atoms with Crippen molar-refractivity contribution in [2.24, 2.45) is 4.99 Å². The van der Waals surface area contributed by atoms with Gasteiger partial charge in [-0.2, -0.15) is 0 Å². The summed E-state index contributed by atoms with van der Waals surface area (Å²) in [5.41, 5.74) is 3.77. The number of hydrogen-bond donors (Lipinski definition) is 2. The van der Waals surface area contributed by atoms with E-state index in [0.29, 0.717) is 0 Å². The van der Waals surface area contributed by atoms with Crippen LogP contribution in [0.3, 0.4) is 0 Å². The molecule has 1 aliphatic rings. The first-order chi connectivity index (χ1) is 15.6. The van der Waals surface area contributed by atoms with Crippen molar-refractivity contribution < 1.29 is 14.2 Å². The van der Waals surface area contributed by atoms with Crippen molar-refractivity contribution in [2.75, 3.05) is 60.7 Å². The minimum absolute atomic E-state index is 0.267. The number of guanidine groups is 1. The summed E-state index contributed by atoms with van der Waals surface area (Å²) >= 11 is 0. The number of aryl methyl sites for hydroxylation is 1. The smallest absolute Gasteiger partial charge is 0.191 e. The second kappa shape index (κ2) is 12.3. The van der Waals surface area contributed by atoms with Gasteiger partial charge in [0, 0.05) is 33.2 Å². The lowest BCUT2D eigenvalue weighted by Gasteiger charge is -2.35. The van der Waals surface area contributed by atoms with Crippen LogP contribution in [0.4, 0.5) is 0 Å². The van der Waals surface area contributed by atoms with E-state index in [1.165, 1.54) is 16.7 Å². The van der Waals surface area contributed by atoms with E-state index in [-0.39, 0.29) is 6.04 Å². The molecule has 7 nitrogen and oxygen atoms in total. The predicted octanol–water partition coefficient (Wildman–Crippen LogP) is 2.79. The molecule has 1 heterocycles. The van der Waals surface area contributed by atoms with Gasteiger partial charge in [0.05, 0.1) is 33.5 Å². The topological polar surface area (TPSA) is 67.4 Å². The minimum atomic E-state index is 0.267. The number of rotatable bonds is 9. The zero-order valence-corrected chi connectivity index (χ0v) is 19.7. The molecule has 0 aliphatic carbocycles. The van der Waals surface area contributed by atoms with Gasteiger partial charge in [0.25, 0.3) is 0 Å². The summed E-state index contributed by atoms with van der Waals surface area (Å²) in [6.45, 7) is 7.11. The van der Waals surface area contributed by atoms with Gasteiger partial charge in [0.1, 0.15) is 0 Å². The van der Waals surface area contributed by atoms with Crippen LogP contribution in [0.15, 0.2) is 47.5 Å². The fraction of sp³-hybridized carbons (Fsp3) is 0.480. The fourth-order valence-corrected chi connectivity index (χ4v) is 4.00. The van der Waals surface area contributed by atoms with Crippen molar-refractivity contribution in [3.8, 4) is 11.5 Å². The Hall–Kier alpha value is -2.77. The lowest BCUT2D eigenvalue weighted by atomic mass is 10.0. The Balaban J connectivity index is 1.57. The van der Waals surface area contributed by atoms with E-state index in [0.717, 1.165) is 63.3 Å². The molecule has 0 aromatic heterocycles. The molecule has 1 fully saturated rings. The summed E-state index contributed by atoms with van der Waals surface area (Å²) in [6, 6.07) is 15.0. The maximum atomic E-state index is 5.57. The van der Waals surface area contributed by atoms with Crippen LogP contribution in [0.25, 0.3) is 0 Å². The van der Waals surface area contributed by atoms with Gasteiger partial charge in [0.15, 0.2) is 17.5 Å². The molecule has 32 heavy (non-hydrogen) atoms. The molecule has 1 unspecified atom stereocenters. The summed E-state index contributed by atoms with van der Waals surface area (Å²) in [5.74, 6) is 2.29. The lowest BCUT2D eigenvalue weighted by molar-refractivity contribution is 0.0170. The number of methoxy groups -OCH3 is 2. The highest BCUT2D eigenvalue weighted by Gasteiger charge is 2.23. The third-order valence-electron chi connectivity index (χ3n) is 5.75. The van der Waals surface area contributed by atoms with E-state index in [1.54, 1.807) is 14.2 Å². The molecule has 0 bridgehead atoms. The average Bonchev–Trinajstić information content (AvgIpc) is 2.83. The molecule has 174 valence electrons. The first kappa shape index (κ1) is 23.9. The molecule has 0 radical (unpaired) electrons. The Kier molecular flexibility index (Phi) is 9.19. The normalized spacial score (nSPS) is 15.8. The van der Waals surface area contributed by atoms with Crippen molar-refractivity contribution in [2.45, 2.75) is 19.4 Å². The van der Waals surface area contributed by atoms with Gasteiger partial charge in [-0.15, -0.1) is 0 Å². The maximum Gasteiger partial charge on any atom is 0.191 e. The molecule has 2 aromatic rings. The van der Waals surface area contributed by atoms with Crippen LogP contribution in [0.1, 0.15) is 22.7 Å². The highest BCUT2D eigenvalue weighted by atomic mass is 16.5. The molecule has 1 atom stereocenters. The Morgan fingerprint density at radius 3 is 2.53 bits per heavy atom. The van der Waals surface area contributed by atoms with E-state index >= 15 is 0 Å². The summed E-state index contributed by atoms with van der Waals surface area (Å²) in [5, 5.41) is 6.95. The van der Waals surface area contributed by atoms with Crippen LogP contribution in [-0.4, -0.2) is 71.5 Å². The van der Waals surface area contributed by atoms with Crippen LogP contribution < -0.4 is 20.1 Å². The Bertz CT molecular complexity index is 881. The van der Waals surface area contributed by atoms with E-state index in [4.69, 9.17) is 14.2 Å². The number of nitrogens with one attached hydrogen (secondary N) is 2. The van der Waals surface area contributed by atoms with Gasteiger partial charge < -0.3 is 24.8 Å². The van der Waals surface area contributed by atoms with Crippen molar-refractivity contribution in [1.29, 1.82) is 0 Å². The predicted molar refractivity (Wildman–Crippen MR) is 129 cm³/mol. The lowest BCUT2D eigenvalue weighted by Crippen LogP contribution is -2.46. The van der Waals surface area contributed by atoms with Gasteiger partial charge in [-0.1, -0.05) is 35.9 Å². The quantitative estimate of drug-likeness (QED) is 0.462. The van der Waals surface area contributed by atoms with Crippen molar-refractivity contribution in [3.05, 3.63) is 59.2 Å². The van der Waals surface area contributed by atoms with Gasteiger partial charge in [-0.3, -0.25) is 9.89 Å². The molecule has 2 aromatic carbocycles. The molecule has 0 saturated carbocycles. The van der Waals surface area contributed by atoms with Gasteiger partial charge in [-0.25, -0.2) is 0 Å². The monoisotopic (exact) mass is 440 g/mol. The highest BCUT2D eigenvalue weighted by molar-refractivity contribution is 5.79. The molecule has 1 saturated heterocycles. The van der Waals surface area contributed by atoms with Gasteiger partial charge in [-0.05, 0) is 36.6 Å². The molecular weight excluding hydrogens is 404 g/mol. The third kappa shape index (κ3) is 6.61. The minimum Gasteiger partial charge on any atom is -0.493 e. The molecule has 1 aliphatic heterocycles. The van der Waals surface area contributed by atoms with E-state index in [1.807, 2.05) is 19.2 Å². The molecule has 0 amide bonds. The molecule has 2 N–H and O–H groups in total. The Morgan fingerprint density at radius 2 is 1.84 bits per heavy atom. The van der Waals surface area contributed by atoms with Crippen LogP contribution in [0, 0.1) is 6.92 Å². The van der Waals surface area contributed by atoms with Crippen LogP contribution >= 0.6 is 0 Å². The zero-order chi connectivity index (χ0) is 22.8. The highest BCUT2D eigenvalue weighted by Crippen LogP contribution is 2.27. The summed E-state index contributed by atoms with van der Waals surface area (Å²) in [4.78, 5) is 6.90. The van der Waals surface area contributed by atoms with E-state index < -0.39 is 0 Å². The van der Waals surface area contributed by atoms with Crippen LogP contribution in [0.2, 0.25) is 0 Å². The Morgan fingerprint density at radius 1 is 1.06 bits per heavy atom. The summed E-state index contributed by atoms with van der Waals surface area (Å²) in [7, 11) is 5.11. The summed E-state index contributed by atoms with van der Waals surface area (Å²) in [6.07, 6.45) is 0.853. The van der Waals surface area contributed by atoms with Crippen molar-refractivity contribution in [1.82, 2.24) is 15.5 Å². The summed E-state index contributed by atoms with van der Waals surface area (Å²) < 4.78 is 16.3. The number of nitrogens with zero attached hydrogens (tertiary/aromatic N) is 2. The largest absolute Gasteiger partial charge is 0.493 e. The van der Waals surface area contributed by atoms with Crippen molar-refractivity contribution >= 4 is 5.96 Å². The molecule has 3 rings (SSSR count). The van der Waals surface area contributed by atoms with E-state index in [2.05, 4.69) is 57.8 Å². The average molecular weight is 441 g/mol. The van der Waals surface area contributed by atoms with Gasteiger partial charge in [0.2, 0.25) is 0 Å². The molecular formula is C25H36N4O3. The fourth-order valence-electron chi connectivity index (χ4n) is 4.00. The first-order valence-corrected chi connectivity index (χ1v) is 11.2. The van der Waals surface area contributed by atoms with Crippen LogP contribution in [-0.2, 0) is 11.2 Å². The maximum absolute atomic E-state index is 5.57. The van der Waals surface area contributed by atoms with Crippen molar-refractivity contribution in [3.63, 3.8) is 0 Å². The van der Waals surface area contributed by atoms with Gasteiger partial charge >= 0.3 is 0 Å². The van der Waals surface area contributed by atoms with E-state index in [9.17, 15) is 0 Å². The number of benzene rings is 2. The molecule has 0 spiro atoms.